The third-order valence-corrected chi connectivity index (χ3v) is 5.00. The predicted octanol–water partition coefficient (Wildman–Crippen LogP) is 2.44. The van der Waals surface area contributed by atoms with Gasteiger partial charge in [-0.1, -0.05) is 30.3 Å². The molecule has 1 unspecified atom stereocenters. The molecule has 6 heteroatoms. The molecule has 28 heavy (non-hydrogen) atoms. The highest BCUT2D eigenvalue weighted by Crippen LogP contribution is 2.25. The normalized spacial score (nSPS) is 15.6. The van der Waals surface area contributed by atoms with E-state index in [2.05, 4.69) is 22.3 Å². The molecular formula is C22H28N2O4. The monoisotopic (exact) mass is 384 g/mol. The number of hydrogen-bond acceptors (Lipinski definition) is 5. The van der Waals surface area contributed by atoms with Crippen LogP contribution < -0.4 is 14.8 Å². The van der Waals surface area contributed by atoms with Gasteiger partial charge < -0.3 is 19.5 Å². The van der Waals surface area contributed by atoms with Crippen LogP contribution in [0.5, 0.6) is 11.5 Å². The van der Waals surface area contributed by atoms with Gasteiger partial charge in [0.1, 0.15) is 11.5 Å². The number of morpholine rings is 1. The standard InChI is InChI=1S/C22H28N2O4/c1-26-19-8-9-21(27-2)18(14-19)15-22(25)23-16-20(17-6-4-3-5-7-17)24-10-12-28-13-11-24/h3-9,14,20H,10-13,15-16H2,1-2H3,(H,23,25). The van der Waals surface area contributed by atoms with Gasteiger partial charge in [-0.05, 0) is 23.8 Å². The van der Waals surface area contributed by atoms with Crippen LogP contribution in [0.15, 0.2) is 48.5 Å². The minimum atomic E-state index is -0.0410. The lowest BCUT2D eigenvalue weighted by atomic mass is 10.0. The number of carbonyl (C=O) groups excluding carboxylic acids is 1. The Bertz CT molecular complexity index is 760. The van der Waals surface area contributed by atoms with Crippen molar-refractivity contribution in [3.63, 3.8) is 0 Å². The van der Waals surface area contributed by atoms with Gasteiger partial charge >= 0.3 is 0 Å². The quantitative estimate of drug-likeness (QED) is 0.758. The van der Waals surface area contributed by atoms with E-state index in [1.54, 1.807) is 14.2 Å². The maximum absolute atomic E-state index is 12.6. The number of hydrogen-bond donors (Lipinski definition) is 1. The lowest BCUT2D eigenvalue weighted by Crippen LogP contribution is -2.44. The Balaban J connectivity index is 1.67. The van der Waals surface area contributed by atoms with Gasteiger partial charge in [0.25, 0.3) is 0 Å². The van der Waals surface area contributed by atoms with Crippen molar-refractivity contribution >= 4 is 5.91 Å². The zero-order chi connectivity index (χ0) is 19.8. The number of benzene rings is 2. The average molecular weight is 384 g/mol. The lowest BCUT2D eigenvalue weighted by Gasteiger charge is -2.35. The maximum Gasteiger partial charge on any atom is 0.224 e. The van der Waals surface area contributed by atoms with Crippen LogP contribution in [0.1, 0.15) is 17.2 Å². The molecule has 0 spiro atoms. The molecule has 0 aliphatic carbocycles. The fourth-order valence-electron chi connectivity index (χ4n) is 3.49. The second-order valence-electron chi connectivity index (χ2n) is 6.73. The highest BCUT2D eigenvalue weighted by molar-refractivity contribution is 5.79. The summed E-state index contributed by atoms with van der Waals surface area (Å²) in [6.07, 6.45) is 0.241. The Hall–Kier alpha value is -2.57. The summed E-state index contributed by atoms with van der Waals surface area (Å²) in [7, 11) is 3.21. The van der Waals surface area contributed by atoms with E-state index in [0.29, 0.717) is 18.0 Å². The summed E-state index contributed by atoms with van der Waals surface area (Å²) >= 11 is 0. The van der Waals surface area contributed by atoms with Gasteiger partial charge in [-0.15, -0.1) is 0 Å². The first-order valence-corrected chi connectivity index (χ1v) is 9.55. The van der Waals surface area contributed by atoms with Gasteiger partial charge in [-0.3, -0.25) is 9.69 Å². The van der Waals surface area contributed by atoms with E-state index >= 15 is 0 Å². The topological polar surface area (TPSA) is 60.0 Å². The molecule has 3 rings (SSSR count). The molecule has 0 bridgehead atoms. The van der Waals surface area contributed by atoms with Crippen LogP contribution >= 0.6 is 0 Å². The summed E-state index contributed by atoms with van der Waals surface area (Å²) in [6, 6.07) is 15.9. The molecule has 1 amide bonds. The van der Waals surface area contributed by atoms with Crippen molar-refractivity contribution in [2.24, 2.45) is 0 Å². The van der Waals surface area contributed by atoms with Crippen LogP contribution in [-0.2, 0) is 16.0 Å². The summed E-state index contributed by atoms with van der Waals surface area (Å²) in [4.78, 5) is 15.0. The zero-order valence-corrected chi connectivity index (χ0v) is 16.5. The van der Waals surface area contributed by atoms with E-state index < -0.39 is 0 Å². The van der Waals surface area contributed by atoms with E-state index in [0.717, 1.165) is 31.9 Å². The fourth-order valence-corrected chi connectivity index (χ4v) is 3.49. The van der Waals surface area contributed by atoms with E-state index in [1.807, 2.05) is 36.4 Å². The number of rotatable bonds is 8. The SMILES string of the molecule is COc1ccc(OC)c(CC(=O)NCC(c2ccccc2)N2CCOCC2)c1. The van der Waals surface area contributed by atoms with Crippen molar-refractivity contribution in [1.82, 2.24) is 10.2 Å². The van der Waals surface area contributed by atoms with Crippen molar-refractivity contribution < 1.29 is 19.0 Å². The van der Waals surface area contributed by atoms with E-state index in [9.17, 15) is 4.79 Å². The minimum Gasteiger partial charge on any atom is -0.497 e. The Morgan fingerprint density at radius 2 is 1.86 bits per heavy atom. The summed E-state index contributed by atoms with van der Waals surface area (Å²) in [6.45, 7) is 3.71. The van der Waals surface area contributed by atoms with Crippen LogP contribution in [0.3, 0.4) is 0 Å². The molecule has 1 aliphatic rings. The van der Waals surface area contributed by atoms with Crippen molar-refractivity contribution in [2.45, 2.75) is 12.5 Å². The van der Waals surface area contributed by atoms with Gasteiger partial charge in [0.15, 0.2) is 0 Å². The highest BCUT2D eigenvalue weighted by Gasteiger charge is 2.23. The molecule has 1 heterocycles. The molecule has 2 aromatic rings. The number of nitrogens with one attached hydrogen (secondary N) is 1. The van der Waals surface area contributed by atoms with E-state index in [1.165, 1.54) is 5.56 Å². The summed E-state index contributed by atoms with van der Waals surface area (Å²) in [5, 5.41) is 3.10. The van der Waals surface area contributed by atoms with Gasteiger partial charge in [0.05, 0.1) is 39.9 Å². The van der Waals surface area contributed by atoms with Crippen LogP contribution in [0, 0.1) is 0 Å². The zero-order valence-electron chi connectivity index (χ0n) is 16.5. The smallest absolute Gasteiger partial charge is 0.224 e. The average Bonchev–Trinajstić information content (AvgIpc) is 2.75. The number of carbonyl (C=O) groups is 1. The molecule has 0 saturated carbocycles. The van der Waals surface area contributed by atoms with Crippen LogP contribution in [0.2, 0.25) is 0 Å². The highest BCUT2D eigenvalue weighted by atomic mass is 16.5. The second kappa shape index (κ2) is 10.1. The Morgan fingerprint density at radius 1 is 1.11 bits per heavy atom. The molecule has 1 aliphatic heterocycles. The van der Waals surface area contributed by atoms with Crippen molar-refractivity contribution in [3.8, 4) is 11.5 Å². The maximum atomic E-state index is 12.6. The Kier molecular flexibility index (Phi) is 7.28. The molecule has 0 aromatic heterocycles. The van der Waals surface area contributed by atoms with Crippen molar-refractivity contribution in [1.29, 1.82) is 0 Å². The summed E-state index contributed by atoms with van der Waals surface area (Å²) in [5.41, 5.74) is 2.01. The minimum absolute atomic E-state index is 0.0410. The van der Waals surface area contributed by atoms with Crippen LogP contribution in [0.25, 0.3) is 0 Å². The number of ether oxygens (including phenoxy) is 3. The molecule has 0 radical (unpaired) electrons. The van der Waals surface area contributed by atoms with Gasteiger partial charge in [0, 0.05) is 25.2 Å². The number of methoxy groups -OCH3 is 2. The van der Waals surface area contributed by atoms with E-state index in [-0.39, 0.29) is 18.4 Å². The number of nitrogens with zero attached hydrogens (tertiary/aromatic N) is 1. The Morgan fingerprint density at radius 3 is 2.54 bits per heavy atom. The summed E-state index contributed by atoms with van der Waals surface area (Å²) < 4.78 is 16.1. The largest absolute Gasteiger partial charge is 0.497 e. The van der Waals surface area contributed by atoms with Crippen LogP contribution in [-0.4, -0.2) is 57.9 Å². The second-order valence-corrected chi connectivity index (χ2v) is 6.73. The Labute approximate surface area is 166 Å². The van der Waals surface area contributed by atoms with Crippen molar-refractivity contribution in [3.05, 3.63) is 59.7 Å². The molecule has 1 atom stereocenters. The van der Waals surface area contributed by atoms with Gasteiger partial charge in [-0.2, -0.15) is 0 Å². The first-order valence-electron chi connectivity index (χ1n) is 9.55. The predicted molar refractivity (Wildman–Crippen MR) is 108 cm³/mol. The molecule has 2 aromatic carbocycles. The van der Waals surface area contributed by atoms with E-state index in [4.69, 9.17) is 14.2 Å². The first kappa shape index (κ1) is 20.2. The molecule has 1 N–H and O–H groups in total. The fraction of sp³-hybridized carbons (Fsp3) is 0.409. The third-order valence-electron chi connectivity index (χ3n) is 5.00. The molecule has 1 fully saturated rings. The lowest BCUT2D eigenvalue weighted by molar-refractivity contribution is -0.120. The van der Waals surface area contributed by atoms with Gasteiger partial charge in [-0.25, -0.2) is 0 Å². The summed E-state index contributed by atoms with van der Waals surface area (Å²) in [5.74, 6) is 1.35. The molecular weight excluding hydrogens is 356 g/mol. The number of amides is 1. The van der Waals surface area contributed by atoms with Crippen LogP contribution in [0.4, 0.5) is 0 Å². The first-order chi connectivity index (χ1) is 13.7. The molecule has 150 valence electrons. The molecule has 1 saturated heterocycles. The third kappa shape index (κ3) is 5.24. The van der Waals surface area contributed by atoms with Crippen molar-refractivity contribution in [2.75, 3.05) is 47.1 Å². The van der Waals surface area contributed by atoms with Gasteiger partial charge in [0.2, 0.25) is 5.91 Å². The molecule has 6 nitrogen and oxygen atoms in total.